The number of amides is 2. The number of anilines is 1. The number of benzene rings is 2. The molecule has 26 heavy (non-hydrogen) atoms. The Morgan fingerprint density at radius 2 is 1.77 bits per heavy atom. The Morgan fingerprint density at radius 3 is 2.46 bits per heavy atom. The molecule has 4 rings (SSSR count). The van der Waals surface area contributed by atoms with Crippen molar-refractivity contribution >= 4 is 17.5 Å². The van der Waals surface area contributed by atoms with Gasteiger partial charge in [0.05, 0.1) is 25.9 Å². The minimum Gasteiger partial charge on any atom is -0.497 e. The lowest BCUT2D eigenvalue weighted by atomic mass is 9.90. The summed E-state index contributed by atoms with van der Waals surface area (Å²) in [5.74, 6) is -0.229. The minimum absolute atomic E-state index is 0.346. The standard InChI is InChI=1S/C19H18N2O5/c1-24-12-8-9-13(14(10-12)25-2)16-15-17(19(23)20-18(15)22)26-21(16)11-6-4-3-5-7-11/h3-10,15-17H,1-2H3,(H,20,22,23)/t15-,16+,17-/m1/s1. The number of carbonyl (C=O) groups excluding carboxylic acids is 2. The first-order valence-electron chi connectivity index (χ1n) is 8.21. The number of rotatable bonds is 4. The summed E-state index contributed by atoms with van der Waals surface area (Å²) in [6.45, 7) is 0. The van der Waals surface area contributed by atoms with Gasteiger partial charge in [-0.25, -0.2) is 5.06 Å². The predicted molar refractivity (Wildman–Crippen MR) is 92.7 cm³/mol. The van der Waals surface area contributed by atoms with Gasteiger partial charge in [-0.3, -0.25) is 19.7 Å². The molecule has 7 heteroatoms. The average molecular weight is 354 g/mol. The summed E-state index contributed by atoms with van der Waals surface area (Å²) in [5.41, 5.74) is 1.50. The third-order valence-electron chi connectivity index (χ3n) is 4.72. The maximum Gasteiger partial charge on any atom is 0.259 e. The molecule has 2 saturated heterocycles. The van der Waals surface area contributed by atoms with Crippen LogP contribution in [-0.4, -0.2) is 32.1 Å². The average Bonchev–Trinajstić information content (AvgIpc) is 3.20. The minimum atomic E-state index is -0.862. The number of methoxy groups -OCH3 is 2. The summed E-state index contributed by atoms with van der Waals surface area (Å²) in [6.07, 6.45) is -0.862. The van der Waals surface area contributed by atoms with Crippen LogP contribution in [0.5, 0.6) is 11.5 Å². The van der Waals surface area contributed by atoms with E-state index in [1.54, 1.807) is 31.4 Å². The van der Waals surface area contributed by atoms with Crippen molar-refractivity contribution in [2.45, 2.75) is 12.1 Å². The van der Waals surface area contributed by atoms with E-state index >= 15 is 0 Å². The fourth-order valence-corrected chi connectivity index (χ4v) is 3.51. The van der Waals surface area contributed by atoms with Crippen LogP contribution < -0.4 is 19.9 Å². The molecule has 0 aromatic heterocycles. The maximum atomic E-state index is 12.4. The zero-order valence-corrected chi connectivity index (χ0v) is 14.3. The van der Waals surface area contributed by atoms with E-state index in [0.29, 0.717) is 11.5 Å². The Kier molecular flexibility index (Phi) is 4.00. The number of hydrogen-bond donors (Lipinski definition) is 1. The molecule has 0 unspecified atom stereocenters. The fraction of sp³-hybridized carbons (Fsp3) is 0.263. The number of nitrogens with one attached hydrogen (secondary N) is 1. The Morgan fingerprint density at radius 1 is 1.00 bits per heavy atom. The SMILES string of the molecule is COc1ccc([C@H]2[C@H]3C(=O)NC(=O)[C@@H]3ON2c2ccccc2)c(OC)c1. The molecule has 2 aromatic carbocycles. The number of nitrogens with zero attached hydrogens (tertiary/aromatic N) is 1. The molecule has 2 heterocycles. The van der Waals surface area contributed by atoms with Crippen molar-refractivity contribution in [2.24, 2.45) is 5.92 Å². The molecule has 2 fully saturated rings. The van der Waals surface area contributed by atoms with E-state index in [1.165, 1.54) is 0 Å². The van der Waals surface area contributed by atoms with Crippen LogP contribution in [0.4, 0.5) is 5.69 Å². The Balaban J connectivity index is 1.84. The lowest BCUT2D eigenvalue weighted by Gasteiger charge is -2.28. The number of carbonyl (C=O) groups is 2. The van der Waals surface area contributed by atoms with E-state index in [2.05, 4.69) is 5.32 Å². The molecule has 7 nitrogen and oxygen atoms in total. The van der Waals surface area contributed by atoms with Crippen LogP contribution in [0.1, 0.15) is 11.6 Å². The predicted octanol–water partition coefficient (Wildman–Crippen LogP) is 1.84. The second-order valence-corrected chi connectivity index (χ2v) is 6.12. The van der Waals surface area contributed by atoms with Crippen LogP contribution in [0.2, 0.25) is 0 Å². The second-order valence-electron chi connectivity index (χ2n) is 6.12. The molecule has 0 aliphatic carbocycles. The third kappa shape index (κ3) is 2.48. The lowest BCUT2D eigenvalue weighted by molar-refractivity contribution is -0.129. The molecule has 1 N–H and O–H groups in total. The summed E-state index contributed by atoms with van der Waals surface area (Å²) in [4.78, 5) is 30.5. The highest BCUT2D eigenvalue weighted by Gasteiger charge is 2.57. The first-order valence-corrected chi connectivity index (χ1v) is 8.21. The number of fused-ring (bicyclic) bond motifs is 1. The van der Waals surface area contributed by atoms with E-state index in [-0.39, 0.29) is 5.91 Å². The molecule has 0 radical (unpaired) electrons. The van der Waals surface area contributed by atoms with Crippen molar-refractivity contribution in [2.75, 3.05) is 19.3 Å². The first kappa shape index (κ1) is 16.4. The number of hydroxylamine groups is 1. The van der Waals surface area contributed by atoms with Gasteiger partial charge < -0.3 is 9.47 Å². The highest BCUT2D eigenvalue weighted by molar-refractivity contribution is 6.07. The molecule has 0 spiro atoms. The van der Waals surface area contributed by atoms with E-state index in [9.17, 15) is 9.59 Å². The largest absolute Gasteiger partial charge is 0.497 e. The van der Waals surface area contributed by atoms with Gasteiger partial charge in [-0.2, -0.15) is 0 Å². The van der Waals surface area contributed by atoms with E-state index in [1.807, 2.05) is 36.4 Å². The second kappa shape index (κ2) is 6.34. The van der Waals surface area contributed by atoms with Crippen LogP contribution >= 0.6 is 0 Å². The summed E-state index contributed by atoms with van der Waals surface area (Å²) < 4.78 is 10.8. The highest BCUT2D eigenvalue weighted by Crippen LogP contribution is 2.47. The van der Waals surface area contributed by atoms with Gasteiger partial charge in [-0.1, -0.05) is 18.2 Å². The van der Waals surface area contributed by atoms with Crippen molar-refractivity contribution in [3.63, 3.8) is 0 Å². The summed E-state index contributed by atoms with van der Waals surface area (Å²) in [6, 6.07) is 14.2. The number of hydrogen-bond acceptors (Lipinski definition) is 6. The van der Waals surface area contributed by atoms with Crippen LogP contribution in [0, 0.1) is 5.92 Å². The maximum absolute atomic E-state index is 12.4. The van der Waals surface area contributed by atoms with E-state index in [0.717, 1.165) is 11.3 Å². The van der Waals surface area contributed by atoms with Crippen molar-refractivity contribution in [1.82, 2.24) is 5.32 Å². The van der Waals surface area contributed by atoms with Crippen LogP contribution in [0.3, 0.4) is 0 Å². The van der Waals surface area contributed by atoms with Crippen molar-refractivity contribution in [3.8, 4) is 11.5 Å². The third-order valence-corrected chi connectivity index (χ3v) is 4.72. The van der Waals surface area contributed by atoms with Crippen molar-refractivity contribution in [1.29, 1.82) is 0 Å². The molecule has 2 amide bonds. The molecular weight excluding hydrogens is 336 g/mol. The number of ether oxygens (including phenoxy) is 2. The molecular formula is C19H18N2O5. The molecule has 2 aromatic rings. The first-order chi connectivity index (χ1) is 12.6. The van der Waals surface area contributed by atoms with E-state index in [4.69, 9.17) is 14.3 Å². The number of para-hydroxylation sites is 1. The van der Waals surface area contributed by atoms with Crippen molar-refractivity contribution in [3.05, 3.63) is 54.1 Å². The van der Waals surface area contributed by atoms with Gasteiger partial charge in [0.15, 0.2) is 6.10 Å². The van der Waals surface area contributed by atoms with Crippen LogP contribution in [0.25, 0.3) is 0 Å². The molecule has 2 aliphatic rings. The Hall–Kier alpha value is -3.06. The van der Waals surface area contributed by atoms with Gasteiger partial charge in [0, 0.05) is 11.6 Å². The van der Waals surface area contributed by atoms with Gasteiger partial charge in [-0.05, 0) is 24.3 Å². The molecule has 3 atom stereocenters. The fourth-order valence-electron chi connectivity index (χ4n) is 3.51. The quantitative estimate of drug-likeness (QED) is 0.845. The van der Waals surface area contributed by atoms with Crippen LogP contribution in [-0.2, 0) is 14.4 Å². The summed E-state index contributed by atoms with van der Waals surface area (Å²) >= 11 is 0. The van der Waals surface area contributed by atoms with Gasteiger partial charge in [0.25, 0.3) is 5.91 Å². The highest BCUT2D eigenvalue weighted by atomic mass is 16.7. The number of imide groups is 1. The topological polar surface area (TPSA) is 77.1 Å². The van der Waals surface area contributed by atoms with Crippen molar-refractivity contribution < 1.29 is 23.9 Å². The molecule has 2 aliphatic heterocycles. The van der Waals surface area contributed by atoms with Gasteiger partial charge in [0.1, 0.15) is 17.4 Å². The lowest BCUT2D eigenvalue weighted by Crippen LogP contribution is -2.33. The smallest absolute Gasteiger partial charge is 0.259 e. The van der Waals surface area contributed by atoms with Gasteiger partial charge in [0.2, 0.25) is 5.91 Å². The van der Waals surface area contributed by atoms with Crippen LogP contribution in [0.15, 0.2) is 48.5 Å². The van der Waals surface area contributed by atoms with E-state index < -0.39 is 24.0 Å². The monoisotopic (exact) mass is 354 g/mol. The molecule has 0 saturated carbocycles. The summed E-state index contributed by atoms with van der Waals surface area (Å²) in [7, 11) is 3.13. The molecule has 0 bridgehead atoms. The summed E-state index contributed by atoms with van der Waals surface area (Å²) in [5, 5.41) is 3.98. The molecule has 134 valence electrons. The zero-order valence-electron chi connectivity index (χ0n) is 14.3. The van der Waals surface area contributed by atoms with Gasteiger partial charge in [-0.15, -0.1) is 0 Å². The normalized spacial score (nSPS) is 24.4. The van der Waals surface area contributed by atoms with Gasteiger partial charge >= 0.3 is 0 Å². The zero-order chi connectivity index (χ0) is 18.3. The Labute approximate surface area is 150 Å². The Bertz CT molecular complexity index is 854.